The summed E-state index contributed by atoms with van der Waals surface area (Å²) >= 11 is 0. The molecule has 8 heteroatoms. The number of pyridine rings is 2. The van der Waals surface area contributed by atoms with Gasteiger partial charge in [0, 0.05) is 37.9 Å². The molecule has 0 aliphatic heterocycles. The molecule has 0 spiro atoms. The molecule has 0 fully saturated rings. The van der Waals surface area contributed by atoms with E-state index >= 15 is 0 Å². The highest BCUT2D eigenvalue weighted by molar-refractivity contribution is 5.93. The van der Waals surface area contributed by atoms with Gasteiger partial charge >= 0.3 is 0 Å². The second-order valence-electron chi connectivity index (χ2n) is 5.11. The van der Waals surface area contributed by atoms with Crippen LogP contribution in [-0.4, -0.2) is 38.9 Å². The standard InChI is InChI=1S/C17H16N6O2/c24-16(21-9-8-19-12-4-3-6-18-10-12)13-11-22-15(23-17(13)25)14-5-1-2-7-20-14/h1-7,10-11,19H,8-9H2,(H,21,24)(H,22,23,25). The lowest BCUT2D eigenvalue weighted by molar-refractivity contribution is 0.0953. The number of aromatic nitrogens is 4. The van der Waals surface area contributed by atoms with E-state index in [1.54, 1.807) is 36.8 Å². The number of anilines is 1. The summed E-state index contributed by atoms with van der Waals surface area (Å²) < 4.78 is 0. The first-order valence-corrected chi connectivity index (χ1v) is 7.67. The monoisotopic (exact) mass is 336 g/mol. The lowest BCUT2D eigenvalue weighted by Gasteiger charge is -2.07. The SMILES string of the molecule is O=C(NCCNc1cccnc1)c1cnc(-c2ccccn2)[nH]c1=O. The van der Waals surface area contributed by atoms with E-state index in [4.69, 9.17) is 0 Å². The quantitative estimate of drug-likeness (QED) is 0.580. The van der Waals surface area contributed by atoms with Crippen LogP contribution in [0.4, 0.5) is 5.69 Å². The van der Waals surface area contributed by atoms with Gasteiger partial charge in [-0.3, -0.25) is 19.6 Å². The van der Waals surface area contributed by atoms with Gasteiger partial charge in [-0.05, 0) is 24.3 Å². The molecule has 25 heavy (non-hydrogen) atoms. The van der Waals surface area contributed by atoms with Gasteiger partial charge < -0.3 is 15.6 Å². The number of nitrogens with zero attached hydrogens (tertiary/aromatic N) is 3. The van der Waals surface area contributed by atoms with Crippen LogP contribution in [0.5, 0.6) is 0 Å². The van der Waals surface area contributed by atoms with Gasteiger partial charge in [0.2, 0.25) is 0 Å². The van der Waals surface area contributed by atoms with Crippen molar-refractivity contribution in [3.8, 4) is 11.5 Å². The molecule has 1 amide bonds. The fourth-order valence-electron chi connectivity index (χ4n) is 2.14. The van der Waals surface area contributed by atoms with Gasteiger partial charge in [-0.2, -0.15) is 0 Å². The topological polar surface area (TPSA) is 113 Å². The zero-order chi connectivity index (χ0) is 17.5. The zero-order valence-electron chi connectivity index (χ0n) is 13.3. The second kappa shape index (κ2) is 7.82. The third-order valence-corrected chi connectivity index (χ3v) is 3.35. The molecule has 3 aromatic heterocycles. The summed E-state index contributed by atoms with van der Waals surface area (Å²) in [5.74, 6) is -0.158. The fourth-order valence-corrected chi connectivity index (χ4v) is 2.14. The molecule has 0 bridgehead atoms. The molecule has 3 N–H and O–H groups in total. The predicted molar refractivity (Wildman–Crippen MR) is 93.1 cm³/mol. The zero-order valence-corrected chi connectivity index (χ0v) is 13.3. The highest BCUT2D eigenvalue weighted by Crippen LogP contribution is 2.08. The van der Waals surface area contributed by atoms with Crippen LogP contribution in [-0.2, 0) is 0 Å². The van der Waals surface area contributed by atoms with Crippen LogP contribution in [0.25, 0.3) is 11.5 Å². The van der Waals surface area contributed by atoms with Gasteiger partial charge in [-0.1, -0.05) is 6.07 Å². The number of amides is 1. The number of nitrogens with one attached hydrogen (secondary N) is 3. The van der Waals surface area contributed by atoms with Crippen molar-refractivity contribution in [3.63, 3.8) is 0 Å². The number of aromatic amines is 1. The molecule has 8 nitrogen and oxygen atoms in total. The van der Waals surface area contributed by atoms with E-state index in [0.29, 0.717) is 24.6 Å². The Morgan fingerprint density at radius 1 is 1.04 bits per heavy atom. The highest BCUT2D eigenvalue weighted by atomic mass is 16.2. The molecule has 0 saturated heterocycles. The van der Waals surface area contributed by atoms with Gasteiger partial charge in [0.1, 0.15) is 11.3 Å². The Hall–Kier alpha value is -3.55. The van der Waals surface area contributed by atoms with Gasteiger partial charge in [0.25, 0.3) is 11.5 Å². The molecule has 0 unspecified atom stereocenters. The van der Waals surface area contributed by atoms with E-state index < -0.39 is 11.5 Å². The number of hydrogen-bond donors (Lipinski definition) is 3. The van der Waals surface area contributed by atoms with Crippen molar-refractivity contribution in [3.05, 3.63) is 71.0 Å². The Kier molecular flexibility index (Phi) is 5.10. The van der Waals surface area contributed by atoms with Crippen LogP contribution in [0.2, 0.25) is 0 Å². The van der Waals surface area contributed by atoms with E-state index in [0.717, 1.165) is 5.69 Å². The van der Waals surface area contributed by atoms with Crippen molar-refractivity contribution in [1.82, 2.24) is 25.3 Å². The smallest absolute Gasteiger partial charge is 0.264 e. The Morgan fingerprint density at radius 3 is 2.68 bits per heavy atom. The molecule has 126 valence electrons. The van der Waals surface area contributed by atoms with Crippen molar-refractivity contribution < 1.29 is 4.79 Å². The summed E-state index contributed by atoms with van der Waals surface area (Å²) in [5, 5.41) is 5.78. The fraction of sp³-hybridized carbons (Fsp3) is 0.118. The third kappa shape index (κ3) is 4.25. The molecule has 3 rings (SSSR count). The summed E-state index contributed by atoms with van der Waals surface area (Å²) in [6, 6.07) is 8.97. The molecular formula is C17H16N6O2. The lowest BCUT2D eigenvalue weighted by atomic mass is 10.3. The lowest BCUT2D eigenvalue weighted by Crippen LogP contribution is -2.33. The molecule has 0 aromatic carbocycles. The maximum absolute atomic E-state index is 12.1. The minimum Gasteiger partial charge on any atom is -0.382 e. The van der Waals surface area contributed by atoms with E-state index in [9.17, 15) is 9.59 Å². The Balaban J connectivity index is 1.58. The Morgan fingerprint density at radius 2 is 1.96 bits per heavy atom. The first kappa shape index (κ1) is 16.3. The minimum absolute atomic E-state index is 0.0407. The minimum atomic E-state index is -0.506. The van der Waals surface area contributed by atoms with Gasteiger partial charge in [0.05, 0.1) is 5.69 Å². The van der Waals surface area contributed by atoms with Gasteiger partial charge in [-0.25, -0.2) is 4.98 Å². The van der Waals surface area contributed by atoms with Crippen LogP contribution < -0.4 is 16.2 Å². The summed E-state index contributed by atoms with van der Waals surface area (Å²) in [4.78, 5) is 39.0. The number of rotatable bonds is 6. The van der Waals surface area contributed by atoms with Crippen LogP contribution in [0.3, 0.4) is 0 Å². The molecule has 0 aliphatic carbocycles. The van der Waals surface area contributed by atoms with Crippen molar-refractivity contribution in [2.75, 3.05) is 18.4 Å². The van der Waals surface area contributed by atoms with Crippen molar-refractivity contribution in [1.29, 1.82) is 0 Å². The number of carbonyl (C=O) groups excluding carboxylic acids is 1. The average Bonchev–Trinajstić information content (AvgIpc) is 2.66. The summed E-state index contributed by atoms with van der Waals surface area (Å²) in [7, 11) is 0. The maximum atomic E-state index is 12.1. The number of H-pyrrole nitrogens is 1. The van der Waals surface area contributed by atoms with E-state index in [-0.39, 0.29) is 5.56 Å². The first-order valence-electron chi connectivity index (χ1n) is 7.67. The largest absolute Gasteiger partial charge is 0.382 e. The van der Waals surface area contributed by atoms with Crippen LogP contribution in [0.15, 0.2) is 59.9 Å². The molecule has 3 aromatic rings. The molecule has 0 aliphatic rings. The van der Waals surface area contributed by atoms with Crippen molar-refractivity contribution >= 4 is 11.6 Å². The summed E-state index contributed by atoms with van der Waals surface area (Å²) in [6.45, 7) is 0.865. The van der Waals surface area contributed by atoms with Gasteiger partial charge in [0.15, 0.2) is 5.82 Å². The molecule has 0 radical (unpaired) electrons. The molecular weight excluding hydrogens is 320 g/mol. The average molecular weight is 336 g/mol. The molecule has 0 atom stereocenters. The summed E-state index contributed by atoms with van der Waals surface area (Å²) in [5.41, 5.74) is 0.845. The second-order valence-corrected chi connectivity index (χ2v) is 5.11. The van der Waals surface area contributed by atoms with Crippen molar-refractivity contribution in [2.24, 2.45) is 0 Å². The van der Waals surface area contributed by atoms with E-state index in [1.165, 1.54) is 6.20 Å². The van der Waals surface area contributed by atoms with Crippen LogP contribution in [0, 0.1) is 0 Å². The summed E-state index contributed by atoms with van der Waals surface area (Å²) in [6.07, 6.45) is 6.23. The number of carbonyl (C=O) groups is 1. The van der Waals surface area contributed by atoms with E-state index in [2.05, 4.69) is 30.6 Å². The van der Waals surface area contributed by atoms with E-state index in [1.807, 2.05) is 12.1 Å². The van der Waals surface area contributed by atoms with Crippen molar-refractivity contribution in [2.45, 2.75) is 0 Å². The molecule has 0 saturated carbocycles. The Labute approximate surface area is 143 Å². The Bertz CT molecular complexity index is 896. The first-order chi connectivity index (χ1) is 12.2. The van der Waals surface area contributed by atoms with Crippen LogP contribution in [0.1, 0.15) is 10.4 Å². The normalized spacial score (nSPS) is 10.2. The van der Waals surface area contributed by atoms with Crippen LogP contribution >= 0.6 is 0 Å². The predicted octanol–water partition coefficient (Wildman–Crippen LogP) is 1.07. The maximum Gasteiger partial charge on any atom is 0.264 e. The van der Waals surface area contributed by atoms with Gasteiger partial charge in [-0.15, -0.1) is 0 Å². The highest BCUT2D eigenvalue weighted by Gasteiger charge is 2.12. The number of hydrogen-bond acceptors (Lipinski definition) is 6. The third-order valence-electron chi connectivity index (χ3n) is 3.35. The molecule has 3 heterocycles.